The van der Waals surface area contributed by atoms with Gasteiger partial charge >= 0.3 is 11.4 Å². The second-order valence-electron chi connectivity index (χ2n) is 2.85. The summed E-state index contributed by atoms with van der Waals surface area (Å²) in [5.74, 6) is 0. The largest absolute Gasteiger partial charge is 0.462 e. The first-order valence-corrected chi connectivity index (χ1v) is 5.48. The van der Waals surface area contributed by atoms with Gasteiger partial charge in [-0.25, -0.2) is 0 Å². The SMILES string of the molecule is CS(C)(C)C(F)(F)C(F)(F)F. The summed E-state index contributed by atoms with van der Waals surface area (Å²) in [5.41, 5.74) is 0. The molecular weight excluding hydrogens is 187 g/mol. The second-order valence-corrected chi connectivity index (χ2v) is 7.04. The van der Waals surface area contributed by atoms with E-state index in [4.69, 9.17) is 0 Å². The zero-order chi connectivity index (χ0) is 9.50. The highest BCUT2D eigenvalue weighted by atomic mass is 32.3. The van der Waals surface area contributed by atoms with E-state index in [0.717, 1.165) is 18.8 Å². The van der Waals surface area contributed by atoms with Crippen LogP contribution in [-0.4, -0.2) is 30.2 Å². The van der Waals surface area contributed by atoms with Crippen molar-refractivity contribution in [3.63, 3.8) is 0 Å². The molecule has 0 N–H and O–H groups in total. The first-order chi connectivity index (χ1) is 4.50. The summed E-state index contributed by atoms with van der Waals surface area (Å²) < 4.78 is 59.5. The van der Waals surface area contributed by atoms with Crippen molar-refractivity contribution < 1.29 is 22.0 Å². The molecule has 6 heteroatoms. The minimum absolute atomic E-state index is 0.931. The van der Waals surface area contributed by atoms with Gasteiger partial charge in [-0.3, -0.25) is 0 Å². The minimum atomic E-state index is -5.42. The van der Waals surface area contributed by atoms with Crippen LogP contribution >= 0.6 is 10.0 Å². The van der Waals surface area contributed by atoms with E-state index in [1.807, 2.05) is 0 Å². The van der Waals surface area contributed by atoms with Crippen LogP contribution in [0.3, 0.4) is 0 Å². The van der Waals surface area contributed by atoms with Gasteiger partial charge in [0, 0.05) is 0 Å². The van der Waals surface area contributed by atoms with E-state index in [1.165, 1.54) is 0 Å². The fourth-order valence-corrected chi connectivity index (χ4v) is 1.04. The quantitative estimate of drug-likeness (QED) is 0.566. The van der Waals surface area contributed by atoms with Crippen molar-refractivity contribution in [1.29, 1.82) is 0 Å². The number of halogens is 5. The first kappa shape index (κ1) is 11.0. The van der Waals surface area contributed by atoms with Crippen LogP contribution in [-0.2, 0) is 0 Å². The average Bonchev–Trinajstić information content (AvgIpc) is 1.58. The summed E-state index contributed by atoms with van der Waals surface area (Å²) in [7, 11) is -2.92. The molecule has 0 aromatic rings. The molecule has 0 saturated carbocycles. The van der Waals surface area contributed by atoms with Crippen LogP contribution in [0.25, 0.3) is 0 Å². The molecular formula is C5H9F5S. The molecule has 0 heterocycles. The van der Waals surface area contributed by atoms with Gasteiger partial charge in [-0.1, -0.05) is 0 Å². The standard InChI is InChI=1S/C5H9F5S/c1-11(2,3)5(9,10)4(6,7)8/h1-3H3. The second kappa shape index (κ2) is 2.50. The Kier molecular flexibility index (Phi) is 2.50. The summed E-state index contributed by atoms with van der Waals surface area (Å²) >= 11 is 0. The van der Waals surface area contributed by atoms with Crippen LogP contribution in [0.4, 0.5) is 22.0 Å². The Bertz CT molecular complexity index is 126. The molecule has 0 radical (unpaired) electrons. The van der Waals surface area contributed by atoms with Gasteiger partial charge < -0.3 is 0 Å². The zero-order valence-corrected chi connectivity index (χ0v) is 7.11. The fourth-order valence-electron chi connectivity index (χ4n) is 0.347. The molecule has 11 heavy (non-hydrogen) atoms. The Balaban J connectivity index is 4.75. The van der Waals surface area contributed by atoms with Crippen LogP contribution in [0.1, 0.15) is 0 Å². The van der Waals surface area contributed by atoms with Crippen LogP contribution in [0.5, 0.6) is 0 Å². The maximum absolute atomic E-state index is 12.3. The zero-order valence-electron chi connectivity index (χ0n) is 6.30. The van der Waals surface area contributed by atoms with Gasteiger partial charge in [0.2, 0.25) is 0 Å². The van der Waals surface area contributed by atoms with Gasteiger partial charge in [0.1, 0.15) is 0 Å². The Morgan fingerprint density at radius 3 is 1.09 bits per heavy atom. The predicted octanol–water partition coefficient (Wildman–Crippen LogP) is 2.84. The highest BCUT2D eigenvalue weighted by Gasteiger charge is 2.62. The molecule has 0 rings (SSSR count). The highest BCUT2D eigenvalue weighted by Crippen LogP contribution is 2.59. The van der Waals surface area contributed by atoms with Gasteiger partial charge in [-0.05, 0) is 18.8 Å². The molecule has 0 nitrogen and oxygen atoms in total. The first-order valence-electron chi connectivity index (χ1n) is 2.62. The van der Waals surface area contributed by atoms with Gasteiger partial charge in [0.05, 0.1) is 0 Å². The molecule has 0 aliphatic heterocycles. The Labute approximate surface area is 63.1 Å². The van der Waals surface area contributed by atoms with Crippen LogP contribution in [0.15, 0.2) is 0 Å². The van der Waals surface area contributed by atoms with Crippen molar-refractivity contribution in [2.45, 2.75) is 11.4 Å². The summed E-state index contributed by atoms with van der Waals surface area (Å²) in [6.07, 6.45) is -2.62. The maximum Gasteiger partial charge on any atom is 0.462 e. The number of alkyl halides is 5. The molecule has 70 valence electrons. The van der Waals surface area contributed by atoms with Crippen molar-refractivity contribution in [2.75, 3.05) is 18.8 Å². The van der Waals surface area contributed by atoms with E-state index in [0.29, 0.717) is 0 Å². The summed E-state index contributed by atoms with van der Waals surface area (Å²) in [6.45, 7) is 0. The maximum atomic E-state index is 12.3. The van der Waals surface area contributed by atoms with E-state index in [-0.39, 0.29) is 0 Å². The lowest BCUT2D eigenvalue weighted by atomic mass is 10.7. The summed E-state index contributed by atoms with van der Waals surface area (Å²) in [6, 6.07) is 0. The van der Waals surface area contributed by atoms with Crippen LogP contribution in [0.2, 0.25) is 0 Å². The molecule has 0 amide bonds. The van der Waals surface area contributed by atoms with Crippen LogP contribution < -0.4 is 0 Å². The van der Waals surface area contributed by atoms with Crippen molar-refractivity contribution in [1.82, 2.24) is 0 Å². The van der Waals surface area contributed by atoms with Gasteiger partial charge in [-0.15, -0.1) is 0 Å². The molecule has 0 bridgehead atoms. The van der Waals surface area contributed by atoms with E-state index in [9.17, 15) is 22.0 Å². The van der Waals surface area contributed by atoms with Crippen molar-refractivity contribution in [3.05, 3.63) is 0 Å². The molecule has 0 aromatic heterocycles. The van der Waals surface area contributed by atoms with E-state index >= 15 is 0 Å². The molecule has 0 aromatic carbocycles. The highest BCUT2D eigenvalue weighted by molar-refractivity contribution is 8.33. The number of hydrogen-bond acceptors (Lipinski definition) is 0. The normalized spacial score (nSPS) is 16.7. The van der Waals surface area contributed by atoms with Gasteiger partial charge in [0.15, 0.2) is 0 Å². The van der Waals surface area contributed by atoms with Crippen molar-refractivity contribution in [3.8, 4) is 0 Å². The Hall–Kier alpha value is -0.0000000000000000555. The van der Waals surface area contributed by atoms with E-state index in [2.05, 4.69) is 0 Å². The number of rotatable bonds is 1. The number of hydrogen-bond donors (Lipinski definition) is 0. The average molecular weight is 196 g/mol. The van der Waals surface area contributed by atoms with E-state index in [1.54, 1.807) is 0 Å². The molecule has 0 spiro atoms. The monoisotopic (exact) mass is 196 g/mol. The predicted molar refractivity (Wildman–Crippen MR) is 36.4 cm³/mol. The molecule has 0 saturated heterocycles. The van der Waals surface area contributed by atoms with Gasteiger partial charge in [-0.2, -0.15) is 32.0 Å². The van der Waals surface area contributed by atoms with Crippen molar-refractivity contribution in [2.24, 2.45) is 0 Å². The van der Waals surface area contributed by atoms with E-state index < -0.39 is 21.5 Å². The lowest BCUT2D eigenvalue weighted by Crippen LogP contribution is -2.40. The topological polar surface area (TPSA) is 0 Å². The summed E-state index contributed by atoms with van der Waals surface area (Å²) in [4.78, 5) is 0. The molecule has 0 aliphatic carbocycles. The van der Waals surface area contributed by atoms with Crippen LogP contribution in [0, 0.1) is 0 Å². The minimum Gasteiger partial charge on any atom is -0.185 e. The smallest absolute Gasteiger partial charge is 0.185 e. The molecule has 0 fully saturated rings. The molecule has 0 unspecified atom stereocenters. The molecule has 0 aliphatic rings. The molecule has 0 atom stereocenters. The third-order valence-electron chi connectivity index (χ3n) is 1.10. The third kappa shape index (κ3) is 1.98. The Morgan fingerprint density at radius 1 is 0.818 bits per heavy atom. The fraction of sp³-hybridized carbons (Fsp3) is 1.00. The van der Waals surface area contributed by atoms with Crippen molar-refractivity contribution >= 4 is 10.0 Å². The summed E-state index contributed by atoms with van der Waals surface area (Å²) in [5, 5.41) is -4.54. The lowest BCUT2D eigenvalue weighted by molar-refractivity contribution is -0.239. The third-order valence-corrected chi connectivity index (χ3v) is 2.87. The van der Waals surface area contributed by atoms with Gasteiger partial charge in [0.25, 0.3) is 0 Å². The Morgan fingerprint density at radius 2 is 1.09 bits per heavy atom. The lowest BCUT2D eigenvalue weighted by Gasteiger charge is -2.36.